The Balaban J connectivity index is 1.16. The van der Waals surface area contributed by atoms with Gasteiger partial charge in [-0.05, 0) is 50.0 Å². The lowest BCUT2D eigenvalue weighted by atomic mass is 9.98. The van der Waals surface area contributed by atoms with Gasteiger partial charge in [0.05, 0.1) is 12.4 Å². The molecule has 0 saturated carbocycles. The van der Waals surface area contributed by atoms with E-state index in [-0.39, 0.29) is 0 Å². The lowest BCUT2D eigenvalue weighted by Crippen LogP contribution is -2.58. The summed E-state index contributed by atoms with van der Waals surface area (Å²) in [5, 5.41) is 0. The summed E-state index contributed by atoms with van der Waals surface area (Å²) in [5.41, 5.74) is 1.58. The van der Waals surface area contributed by atoms with Crippen LogP contribution in [0.3, 0.4) is 0 Å². The molecule has 1 N–H and O–H groups in total. The molecule has 2 aliphatic heterocycles. The summed E-state index contributed by atoms with van der Waals surface area (Å²) < 4.78 is 26.7. The van der Waals surface area contributed by atoms with Crippen molar-refractivity contribution in [2.75, 3.05) is 37.6 Å². The van der Waals surface area contributed by atoms with Crippen molar-refractivity contribution in [1.29, 1.82) is 0 Å². The van der Waals surface area contributed by atoms with Gasteiger partial charge in [0.1, 0.15) is 11.5 Å². The molecule has 2 aliphatic rings. The molecule has 34 heavy (non-hydrogen) atoms. The molecule has 0 amide bonds. The monoisotopic (exact) mass is 467 g/mol. The van der Waals surface area contributed by atoms with Gasteiger partial charge in [0, 0.05) is 50.7 Å². The SMILES string of the molecule is CCC1CN(c2cnc(-c3ncc[nH]3)cn2)CCN1C1CCN(Cc2ccc(F)c(F)c2)CC1. The fourth-order valence-corrected chi connectivity index (χ4v) is 5.24. The van der Waals surface area contributed by atoms with Gasteiger partial charge in [-0.2, -0.15) is 0 Å². The minimum absolute atomic E-state index is 0.475. The summed E-state index contributed by atoms with van der Waals surface area (Å²) >= 11 is 0. The Labute approximate surface area is 198 Å². The van der Waals surface area contributed by atoms with Crippen molar-refractivity contribution < 1.29 is 8.78 Å². The van der Waals surface area contributed by atoms with E-state index in [9.17, 15) is 8.78 Å². The minimum atomic E-state index is -0.786. The first-order valence-electron chi connectivity index (χ1n) is 12.1. The molecule has 2 fully saturated rings. The molecule has 2 aromatic heterocycles. The highest BCUT2D eigenvalue weighted by Crippen LogP contribution is 2.26. The summed E-state index contributed by atoms with van der Waals surface area (Å²) in [7, 11) is 0. The number of H-pyrrole nitrogens is 1. The van der Waals surface area contributed by atoms with Crippen molar-refractivity contribution in [3.8, 4) is 11.5 Å². The molecule has 7 nitrogen and oxygen atoms in total. The van der Waals surface area contributed by atoms with Gasteiger partial charge in [-0.15, -0.1) is 0 Å². The van der Waals surface area contributed by atoms with Crippen LogP contribution in [0.5, 0.6) is 0 Å². The highest BCUT2D eigenvalue weighted by Gasteiger charge is 2.33. The van der Waals surface area contributed by atoms with E-state index < -0.39 is 11.6 Å². The molecule has 0 spiro atoms. The predicted octanol–water partition coefficient (Wildman–Crippen LogP) is 3.71. The summed E-state index contributed by atoms with van der Waals surface area (Å²) in [4.78, 5) is 23.9. The zero-order chi connectivity index (χ0) is 23.5. The number of imidazole rings is 1. The first-order chi connectivity index (χ1) is 16.6. The van der Waals surface area contributed by atoms with Crippen LogP contribution < -0.4 is 4.90 Å². The molecule has 3 aromatic rings. The Kier molecular flexibility index (Phi) is 6.82. The third-order valence-corrected chi connectivity index (χ3v) is 7.12. The third-order valence-electron chi connectivity index (χ3n) is 7.12. The van der Waals surface area contributed by atoms with E-state index in [0.717, 1.165) is 74.9 Å². The van der Waals surface area contributed by atoms with Crippen molar-refractivity contribution in [2.24, 2.45) is 0 Å². The van der Waals surface area contributed by atoms with Gasteiger partial charge in [0.2, 0.25) is 0 Å². The molecule has 1 atom stereocenters. The second kappa shape index (κ2) is 10.1. The van der Waals surface area contributed by atoms with E-state index >= 15 is 0 Å². The van der Waals surface area contributed by atoms with E-state index in [1.54, 1.807) is 24.7 Å². The molecule has 0 bridgehead atoms. The van der Waals surface area contributed by atoms with Crippen LogP contribution in [0.1, 0.15) is 31.7 Å². The highest BCUT2D eigenvalue weighted by molar-refractivity contribution is 5.49. The number of aromatic nitrogens is 4. The van der Waals surface area contributed by atoms with Crippen LogP contribution in [-0.4, -0.2) is 74.5 Å². The number of hydrogen-bond donors (Lipinski definition) is 1. The van der Waals surface area contributed by atoms with Crippen molar-refractivity contribution in [2.45, 2.75) is 44.8 Å². The van der Waals surface area contributed by atoms with Gasteiger partial charge in [-0.3, -0.25) is 9.80 Å². The summed E-state index contributed by atoms with van der Waals surface area (Å²) in [6.07, 6.45) is 10.4. The maximum Gasteiger partial charge on any atom is 0.159 e. The van der Waals surface area contributed by atoms with Crippen molar-refractivity contribution in [1.82, 2.24) is 29.7 Å². The second-order valence-electron chi connectivity index (χ2n) is 9.20. The van der Waals surface area contributed by atoms with Gasteiger partial charge >= 0.3 is 0 Å². The Morgan fingerprint density at radius 2 is 1.85 bits per heavy atom. The fraction of sp³-hybridized carbons (Fsp3) is 0.480. The summed E-state index contributed by atoms with van der Waals surface area (Å²) in [6.45, 7) is 7.75. The Morgan fingerprint density at radius 1 is 1.00 bits per heavy atom. The van der Waals surface area contributed by atoms with E-state index in [0.29, 0.717) is 18.6 Å². The van der Waals surface area contributed by atoms with Crippen molar-refractivity contribution in [3.63, 3.8) is 0 Å². The zero-order valence-electron chi connectivity index (χ0n) is 19.5. The molecule has 4 heterocycles. The number of hydrogen-bond acceptors (Lipinski definition) is 6. The average molecular weight is 468 g/mol. The second-order valence-corrected chi connectivity index (χ2v) is 9.20. The number of likely N-dealkylation sites (tertiary alicyclic amines) is 1. The lowest BCUT2D eigenvalue weighted by Gasteiger charge is -2.47. The highest BCUT2D eigenvalue weighted by atomic mass is 19.2. The molecule has 2 saturated heterocycles. The first kappa shape index (κ1) is 22.9. The number of rotatable bonds is 6. The van der Waals surface area contributed by atoms with Crippen LogP contribution in [-0.2, 0) is 6.54 Å². The Bertz CT molecular complexity index is 1070. The third kappa shape index (κ3) is 4.95. The van der Waals surface area contributed by atoms with Gasteiger partial charge in [-0.25, -0.2) is 23.7 Å². The zero-order valence-corrected chi connectivity index (χ0v) is 19.5. The van der Waals surface area contributed by atoms with E-state index in [2.05, 4.69) is 41.6 Å². The minimum Gasteiger partial charge on any atom is -0.352 e. The van der Waals surface area contributed by atoms with Crippen LogP contribution in [0, 0.1) is 11.6 Å². The molecule has 5 rings (SSSR count). The smallest absolute Gasteiger partial charge is 0.159 e. The predicted molar refractivity (Wildman–Crippen MR) is 127 cm³/mol. The number of aromatic amines is 1. The Hall–Kier alpha value is -2.91. The molecule has 9 heteroatoms. The largest absolute Gasteiger partial charge is 0.352 e. The number of halogens is 2. The van der Waals surface area contributed by atoms with E-state index in [1.165, 1.54) is 12.1 Å². The maximum absolute atomic E-state index is 13.5. The molecule has 1 unspecified atom stereocenters. The summed E-state index contributed by atoms with van der Waals surface area (Å²) in [5.74, 6) is 0.0870. The molecule has 0 radical (unpaired) electrons. The standard InChI is InChI=1S/C25H31F2N7/c1-2-19-17-33(24-15-30-23(14-31-24)25-28-7-8-29-25)11-12-34(19)20-5-9-32(10-6-20)16-18-3-4-21(26)22(27)13-18/h3-4,7-8,13-15,19-20H,2,5-6,9-12,16-17H2,1H3,(H,28,29). The Morgan fingerprint density at radius 3 is 2.53 bits per heavy atom. The maximum atomic E-state index is 13.5. The van der Waals surface area contributed by atoms with Crippen molar-refractivity contribution in [3.05, 3.63) is 60.2 Å². The lowest BCUT2D eigenvalue weighted by molar-refractivity contribution is 0.0610. The van der Waals surface area contributed by atoms with E-state index in [4.69, 9.17) is 0 Å². The number of piperidine rings is 1. The van der Waals surface area contributed by atoms with Gasteiger partial charge < -0.3 is 9.88 Å². The average Bonchev–Trinajstić information content (AvgIpc) is 3.42. The van der Waals surface area contributed by atoms with Gasteiger partial charge in [-0.1, -0.05) is 13.0 Å². The van der Waals surface area contributed by atoms with Crippen LogP contribution in [0.4, 0.5) is 14.6 Å². The number of piperazine rings is 1. The number of nitrogens with one attached hydrogen (secondary N) is 1. The molecular weight excluding hydrogens is 436 g/mol. The fourth-order valence-electron chi connectivity index (χ4n) is 5.24. The van der Waals surface area contributed by atoms with Gasteiger partial charge in [0.25, 0.3) is 0 Å². The molecule has 1 aromatic carbocycles. The number of nitrogens with zero attached hydrogens (tertiary/aromatic N) is 6. The van der Waals surface area contributed by atoms with E-state index in [1.807, 2.05) is 6.20 Å². The first-order valence-corrected chi connectivity index (χ1v) is 12.1. The molecular formula is C25H31F2N7. The normalized spacial score (nSPS) is 20.7. The van der Waals surface area contributed by atoms with Crippen LogP contribution in [0.2, 0.25) is 0 Å². The quantitative estimate of drug-likeness (QED) is 0.596. The number of benzene rings is 1. The summed E-state index contributed by atoms with van der Waals surface area (Å²) in [6, 6.07) is 5.25. The van der Waals surface area contributed by atoms with Crippen LogP contribution in [0.15, 0.2) is 43.0 Å². The van der Waals surface area contributed by atoms with Crippen molar-refractivity contribution >= 4 is 5.82 Å². The van der Waals surface area contributed by atoms with Crippen LogP contribution in [0.25, 0.3) is 11.5 Å². The topological polar surface area (TPSA) is 64.2 Å². The van der Waals surface area contributed by atoms with Crippen LogP contribution >= 0.6 is 0 Å². The molecule has 180 valence electrons. The molecule has 0 aliphatic carbocycles. The van der Waals surface area contributed by atoms with Gasteiger partial charge in [0.15, 0.2) is 17.5 Å². The number of anilines is 1.